The van der Waals surface area contributed by atoms with Gasteiger partial charge in [0, 0.05) is 30.1 Å². The molecule has 0 atom stereocenters. The van der Waals surface area contributed by atoms with Crippen LogP contribution < -0.4 is 0 Å². The largest absolute Gasteiger partial charge is 0.317 e. The zero-order chi connectivity index (χ0) is 18.0. The van der Waals surface area contributed by atoms with Crippen LogP contribution in [0.2, 0.25) is 5.02 Å². The van der Waals surface area contributed by atoms with Gasteiger partial charge in [-0.2, -0.15) is 0 Å². The molecule has 0 saturated carbocycles. The predicted octanol–water partition coefficient (Wildman–Crippen LogP) is 3.05. The third-order valence-electron chi connectivity index (χ3n) is 4.85. The van der Waals surface area contributed by atoms with Gasteiger partial charge in [-0.05, 0) is 52.2 Å². The van der Waals surface area contributed by atoms with Crippen LogP contribution in [0.5, 0.6) is 0 Å². The van der Waals surface area contributed by atoms with Gasteiger partial charge in [0.1, 0.15) is 17.5 Å². The summed E-state index contributed by atoms with van der Waals surface area (Å²) in [6.07, 6.45) is 2.00. The number of benzene rings is 1. The van der Waals surface area contributed by atoms with Crippen molar-refractivity contribution in [3.8, 4) is 0 Å². The van der Waals surface area contributed by atoms with Gasteiger partial charge in [0.25, 0.3) is 0 Å². The average molecular weight is 366 g/mol. The van der Waals surface area contributed by atoms with E-state index in [0.717, 1.165) is 44.1 Å². The fourth-order valence-electron chi connectivity index (χ4n) is 3.41. The average Bonchev–Trinajstić information content (AvgIpc) is 2.92. The monoisotopic (exact) mass is 365 g/mol. The van der Waals surface area contributed by atoms with Crippen LogP contribution in [0.4, 0.5) is 4.39 Å². The first-order valence-corrected chi connectivity index (χ1v) is 9.01. The zero-order valence-electron chi connectivity index (χ0n) is 15.0. The van der Waals surface area contributed by atoms with Crippen LogP contribution in [0.15, 0.2) is 18.2 Å². The lowest BCUT2D eigenvalue weighted by Gasteiger charge is -2.31. The molecule has 0 bridgehead atoms. The Labute approximate surface area is 153 Å². The fraction of sp³-hybridized carbons (Fsp3) is 0.556. The van der Waals surface area contributed by atoms with E-state index in [1.165, 1.54) is 6.07 Å². The second kappa shape index (κ2) is 7.81. The van der Waals surface area contributed by atoms with E-state index < -0.39 is 0 Å². The molecular weight excluding hydrogens is 341 g/mol. The lowest BCUT2D eigenvalue weighted by molar-refractivity contribution is 0.198. The number of likely N-dealkylation sites (tertiary alicyclic amines) is 1. The van der Waals surface area contributed by atoms with Gasteiger partial charge < -0.3 is 9.47 Å². The number of rotatable bonds is 5. The first-order valence-electron chi connectivity index (χ1n) is 8.64. The predicted molar refractivity (Wildman–Crippen MR) is 97.1 cm³/mol. The van der Waals surface area contributed by atoms with Crippen molar-refractivity contribution in [2.24, 2.45) is 7.05 Å². The summed E-state index contributed by atoms with van der Waals surface area (Å²) in [5, 5.41) is 9.25. The smallest absolute Gasteiger partial charge is 0.146 e. The van der Waals surface area contributed by atoms with Gasteiger partial charge in [0.15, 0.2) is 0 Å². The van der Waals surface area contributed by atoms with E-state index in [4.69, 9.17) is 11.6 Å². The third kappa shape index (κ3) is 4.19. The molecule has 1 aliphatic heterocycles. The van der Waals surface area contributed by atoms with Gasteiger partial charge in [-0.1, -0.05) is 17.7 Å². The van der Waals surface area contributed by atoms with Crippen molar-refractivity contribution in [2.45, 2.75) is 31.8 Å². The molecule has 2 aromatic rings. The van der Waals surface area contributed by atoms with E-state index in [0.29, 0.717) is 23.0 Å². The minimum absolute atomic E-state index is 0.226. The zero-order valence-corrected chi connectivity index (χ0v) is 15.8. The SMILES string of the molecule is CN(C)Cc1nnc(C2CCN(Cc3c(F)cccc3Cl)CC2)n1C. The Morgan fingerprint density at radius 3 is 2.60 bits per heavy atom. The molecule has 1 aromatic heterocycles. The first kappa shape index (κ1) is 18.3. The standard InChI is InChI=1S/C18H25ClFN5/c1-23(2)12-17-21-22-18(24(17)3)13-7-9-25(10-8-13)11-14-15(19)5-4-6-16(14)20/h4-6,13H,7-12H2,1-3H3. The van der Waals surface area contributed by atoms with E-state index in [1.807, 2.05) is 21.1 Å². The minimum Gasteiger partial charge on any atom is -0.317 e. The van der Waals surface area contributed by atoms with Crippen LogP contribution in [0.3, 0.4) is 0 Å². The molecule has 2 heterocycles. The number of piperidine rings is 1. The topological polar surface area (TPSA) is 37.2 Å². The van der Waals surface area contributed by atoms with E-state index in [1.54, 1.807) is 12.1 Å². The van der Waals surface area contributed by atoms with E-state index in [-0.39, 0.29) is 5.82 Å². The van der Waals surface area contributed by atoms with Crippen molar-refractivity contribution >= 4 is 11.6 Å². The summed E-state index contributed by atoms with van der Waals surface area (Å²) in [7, 11) is 6.10. The van der Waals surface area contributed by atoms with Gasteiger partial charge >= 0.3 is 0 Å². The maximum Gasteiger partial charge on any atom is 0.146 e. The molecule has 0 radical (unpaired) electrons. The Morgan fingerprint density at radius 2 is 1.96 bits per heavy atom. The van der Waals surface area contributed by atoms with Gasteiger partial charge in [-0.25, -0.2) is 4.39 Å². The highest BCUT2D eigenvalue weighted by atomic mass is 35.5. The molecule has 1 aromatic carbocycles. The minimum atomic E-state index is -0.226. The summed E-state index contributed by atoms with van der Waals surface area (Å²) >= 11 is 6.15. The molecule has 0 spiro atoms. The van der Waals surface area contributed by atoms with Crippen LogP contribution in [0, 0.1) is 5.82 Å². The maximum absolute atomic E-state index is 14.0. The second-order valence-corrected chi connectivity index (χ2v) is 7.43. The number of aromatic nitrogens is 3. The lowest BCUT2D eigenvalue weighted by atomic mass is 9.95. The number of hydrogen-bond donors (Lipinski definition) is 0. The van der Waals surface area contributed by atoms with Gasteiger partial charge in [0.2, 0.25) is 0 Å². The highest BCUT2D eigenvalue weighted by Gasteiger charge is 2.26. The molecule has 1 aliphatic rings. The van der Waals surface area contributed by atoms with Crippen molar-refractivity contribution in [1.29, 1.82) is 0 Å². The maximum atomic E-state index is 14.0. The molecule has 0 aliphatic carbocycles. The van der Waals surface area contributed by atoms with Crippen LogP contribution in [0.1, 0.15) is 36.0 Å². The molecular formula is C18H25ClFN5. The summed E-state index contributed by atoms with van der Waals surface area (Å²) < 4.78 is 16.1. The first-order chi connectivity index (χ1) is 12.0. The number of halogens is 2. The van der Waals surface area contributed by atoms with Crippen LogP contribution in [-0.4, -0.2) is 51.7 Å². The van der Waals surface area contributed by atoms with Gasteiger partial charge in [0.05, 0.1) is 6.54 Å². The second-order valence-electron chi connectivity index (χ2n) is 7.02. The molecule has 136 valence electrons. The molecule has 0 N–H and O–H groups in total. The molecule has 0 amide bonds. The number of hydrogen-bond acceptors (Lipinski definition) is 4. The van der Waals surface area contributed by atoms with E-state index >= 15 is 0 Å². The summed E-state index contributed by atoms with van der Waals surface area (Å²) in [6, 6.07) is 4.87. The van der Waals surface area contributed by atoms with Gasteiger partial charge in [-0.3, -0.25) is 4.90 Å². The molecule has 1 fully saturated rings. The Bertz CT molecular complexity index is 702. The fourth-order valence-corrected chi connectivity index (χ4v) is 3.63. The Balaban J connectivity index is 1.62. The van der Waals surface area contributed by atoms with E-state index in [2.05, 4.69) is 24.6 Å². The molecule has 5 nitrogen and oxygen atoms in total. The number of nitrogens with zero attached hydrogens (tertiary/aromatic N) is 5. The summed E-state index contributed by atoms with van der Waals surface area (Å²) in [6.45, 7) is 3.16. The molecule has 0 unspecified atom stereocenters. The van der Waals surface area contributed by atoms with Crippen LogP contribution >= 0.6 is 11.6 Å². The highest BCUT2D eigenvalue weighted by molar-refractivity contribution is 6.31. The molecule has 1 saturated heterocycles. The quantitative estimate of drug-likeness (QED) is 0.816. The summed E-state index contributed by atoms with van der Waals surface area (Å²) in [5.74, 6) is 2.22. The van der Waals surface area contributed by atoms with Crippen LogP contribution in [0.25, 0.3) is 0 Å². The Kier molecular flexibility index (Phi) is 5.71. The lowest BCUT2D eigenvalue weighted by Crippen LogP contribution is -2.33. The van der Waals surface area contributed by atoms with E-state index in [9.17, 15) is 4.39 Å². The van der Waals surface area contributed by atoms with Crippen molar-refractivity contribution in [3.05, 3.63) is 46.3 Å². The summed E-state index contributed by atoms with van der Waals surface area (Å²) in [5.41, 5.74) is 0.592. The molecule has 7 heteroatoms. The summed E-state index contributed by atoms with van der Waals surface area (Å²) in [4.78, 5) is 4.35. The van der Waals surface area contributed by atoms with Gasteiger partial charge in [-0.15, -0.1) is 10.2 Å². The van der Waals surface area contributed by atoms with Crippen molar-refractivity contribution in [2.75, 3.05) is 27.2 Å². The Morgan fingerprint density at radius 1 is 1.24 bits per heavy atom. The van der Waals surface area contributed by atoms with Crippen molar-refractivity contribution < 1.29 is 4.39 Å². The Hall–Kier alpha value is -1.50. The normalized spacial score (nSPS) is 16.7. The third-order valence-corrected chi connectivity index (χ3v) is 5.21. The molecule has 3 rings (SSSR count). The highest BCUT2D eigenvalue weighted by Crippen LogP contribution is 2.29. The van der Waals surface area contributed by atoms with Crippen molar-refractivity contribution in [1.82, 2.24) is 24.6 Å². The molecule has 25 heavy (non-hydrogen) atoms. The van der Waals surface area contributed by atoms with Crippen LogP contribution in [-0.2, 0) is 20.1 Å². The van der Waals surface area contributed by atoms with Crippen molar-refractivity contribution in [3.63, 3.8) is 0 Å².